The lowest BCUT2D eigenvalue weighted by Gasteiger charge is -2.25. The van der Waals surface area contributed by atoms with Crippen LogP contribution in [0.2, 0.25) is 0 Å². The van der Waals surface area contributed by atoms with Crippen LogP contribution in [0.1, 0.15) is 18.5 Å². The van der Waals surface area contributed by atoms with E-state index in [0.717, 1.165) is 24.5 Å². The predicted octanol–water partition coefficient (Wildman–Crippen LogP) is 1.56. The van der Waals surface area contributed by atoms with Crippen LogP contribution < -0.4 is 15.4 Å². The summed E-state index contributed by atoms with van der Waals surface area (Å²) in [7, 11) is 1.65. The first kappa shape index (κ1) is 11.2. The molecular weight excluding hydrogens is 202 g/mol. The zero-order valence-electron chi connectivity index (χ0n) is 9.92. The Balaban J connectivity index is 2.04. The third-order valence-corrected chi connectivity index (χ3v) is 2.81. The molecule has 1 aliphatic rings. The first-order valence-corrected chi connectivity index (χ1v) is 5.78. The van der Waals surface area contributed by atoms with Crippen LogP contribution in [0.5, 0.6) is 5.88 Å². The molecule has 2 N–H and O–H groups in total. The monoisotopic (exact) mass is 221 g/mol. The lowest BCUT2D eigenvalue weighted by atomic mass is 10.1. The van der Waals surface area contributed by atoms with Gasteiger partial charge in [-0.2, -0.15) is 0 Å². The lowest BCUT2D eigenvalue weighted by molar-refractivity contribution is 0.397. The van der Waals surface area contributed by atoms with Gasteiger partial charge in [0.15, 0.2) is 0 Å². The molecule has 1 fully saturated rings. The smallest absolute Gasteiger partial charge is 0.215 e. The summed E-state index contributed by atoms with van der Waals surface area (Å²) < 4.78 is 5.16. The van der Waals surface area contributed by atoms with E-state index in [0.29, 0.717) is 11.9 Å². The molecule has 16 heavy (non-hydrogen) atoms. The topological polar surface area (TPSA) is 46.2 Å². The standard InChI is InChI=1S/C12H19N3O/c1-9-6-11(7-12(14-9)16-2)15-10-4-3-5-13-8-10/h6-7,10,13H,3-5,8H2,1-2H3,(H,14,15). The van der Waals surface area contributed by atoms with Crippen LogP contribution in [-0.2, 0) is 0 Å². The number of nitrogens with one attached hydrogen (secondary N) is 2. The molecule has 1 aromatic rings. The molecule has 4 nitrogen and oxygen atoms in total. The maximum Gasteiger partial charge on any atom is 0.215 e. The van der Waals surface area contributed by atoms with Gasteiger partial charge in [0.1, 0.15) is 0 Å². The number of piperidine rings is 1. The van der Waals surface area contributed by atoms with Crippen molar-refractivity contribution < 1.29 is 4.74 Å². The molecule has 1 atom stereocenters. The van der Waals surface area contributed by atoms with Gasteiger partial charge in [-0.15, -0.1) is 0 Å². The number of rotatable bonds is 3. The molecule has 0 amide bonds. The van der Waals surface area contributed by atoms with Crippen molar-refractivity contribution in [2.45, 2.75) is 25.8 Å². The first-order valence-electron chi connectivity index (χ1n) is 5.78. The van der Waals surface area contributed by atoms with Crippen molar-refractivity contribution in [3.8, 4) is 5.88 Å². The van der Waals surface area contributed by atoms with E-state index in [1.165, 1.54) is 12.8 Å². The van der Waals surface area contributed by atoms with Gasteiger partial charge in [0, 0.05) is 30.0 Å². The Morgan fingerprint density at radius 1 is 1.50 bits per heavy atom. The zero-order valence-corrected chi connectivity index (χ0v) is 9.92. The number of pyridine rings is 1. The molecule has 2 rings (SSSR count). The molecule has 1 saturated heterocycles. The highest BCUT2D eigenvalue weighted by Gasteiger charge is 2.12. The summed E-state index contributed by atoms with van der Waals surface area (Å²) in [5, 5.41) is 6.90. The Labute approximate surface area is 96.4 Å². The normalized spacial score (nSPS) is 20.5. The fraction of sp³-hybridized carbons (Fsp3) is 0.583. The second-order valence-corrected chi connectivity index (χ2v) is 4.23. The van der Waals surface area contributed by atoms with Gasteiger partial charge >= 0.3 is 0 Å². The largest absolute Gasteiger partial charge is 0.481 e. The highest BCUT2D eigenvalue weighted by Crippen LogP contribution is 2.18. The maximum absolute atomic E-state index is 5.16. The Bertz CT molecular complexity index is 348. The molecule has 88 valence electrons. The third kappa shape index (κ3) is 2.85. The van der Waals surface area contributed by atoms with Crippen molar-refractivity contribution in [1.82, 2.24) is 10.3 Å². The predicted molar refractivity (Wildman–Crippen MR) is 65.0 cm³/mol. The van der Waals surface area contributed by atoms with E-state index in [-0.39, 0.29) is 0 Å². The van der Waals surface area contributed by atoms with Crippen molar-refractivity contribution >= 4 is 5.69 Å². The molecule has 0 aromatic carbocycles. The van der Waals surface area contributed by atoms with E-state index in [9.17, 15) is 0 Å². The number of hydrogen-bond acceptors (Lipinski definition) is 4. The molecule has 0 spiro atoms. The van der Waals surface area contributed by atoms with Crippen molar-refractivity contribution in [2.75, 3.05) is 25.5 Å². The minimum Gasteiger partial charge on any atom is -0.481 e. The van der Waals surface area contributed by atoms with Gasteiger partial charge in [0.05, 0.1) is 7.11 Å². The first-order chi connectivity index (χ1) is 7.78. The number of nitrogens with zero attached hydrogens (tertiary/aromatic N) is 1. The van der Waals surface area contributed by atoms with Crippen LogP contribution in [0.4, 0.5) is 5.69 Å². The average Bonchev–Trinajstić information content (AvgIpc) is 2.29. The Kier molecular flexibility index (Phi) is 3.62. The van der Waals surface area contributed by atoms with Crippen LogP contribution in [0, 0.1) is 6.92 Å². The van der Waals surface area contributed by atoms with Gasteiger partial charge < -0.3 is 15.4 Å². The summed E-state index contributed by atoms with van der Waals surface area (Å²) in [6.45, 7) is 4.15. The number of methoxy groups -OCH3 is 1. The number of aromatic nitrogens is 1. The summed E-state index contributed by atoms with van der Waals surface area (Å²) in [5.41, 5.74) is 2.07. The molecule has 4 heteroatoms. The Hall–Kier alpha value is -1.29. The van der Waals surface area contributed by atoms with E-state index in [1.807, 2.05) is 13.0 Å². The number of ether oxygens (including phenoxy) is 1. The molecule has 2 heterocycles. The van der Waals surface area contributed by atoms with E-state index < -0.39 is 0 Å². The van der Waals surface area contributed by atoms with Crippen LogP contribution in [0.25, 0.3) is 0 Å². The molecule has 0 bridgehead atoms. The van der Waals surface area contributed by atoms with E-state index in [2.05, 4.69) is 21.7 Å². The maximum atomic E-state index is 5.16. The van der Waals surface area contributed by atoms with Crippen molar-refractivity contribution in [2.24, 2.45) is 0 Å². The lowest BCUT2D eigenvalue weighted by Crippen LogP contribution is -2.38. The molecule has 0 aliphatic carbocycles. The number of aryl methyl sites for hydroxylation is 1. The minimum absolute atomic E-state index is 0.514. The second kappa shape index (κ2) is 5.16. The fourth-order valence-corrected chi connectivity index (χ4v) is 2.04. The van der Waals surface area contributed by atoms with Crippen molar-refractivity contribution in [1.29, 1.82) is 0 Å². The van der Waals surface area contributed by atoms with Crippen LogP contribution in [0.3, 0.4) is 0 Å². The van der Waals surface area contributed by atoms with E-state index in [1.54, 1.807) is 7.11 Å². The van der Waals surface area contributed by atoms with E-state index >= 15 is 0 Å². The van der Waals surface area contributed by atoms with Gasteiger partial charge in [0.2, 0.25) is 5.88 Å². The summed E-state index contributed by atoms with van der Waals surface area (Å²) in [6.07, 6.45) is 2.45. The third-order valence-electron chi connectivity index (χ3n) is 2.81. The van der Waals surface area contributed by atoms with Gasteiger partial charge in [-0.05, 0) is 32.4 Å². The van der Waals surface area contributed by atoms with Crippen molar-refractivity contribution in [3.63, 3.8) is 0 Å². The Morgan fingerprint density at radius 3 is 3.06 bits per heavy atom. The van der Waals surface area contributed by atoms with Gasteiger partial charge in [-0.1, -0.05) is 0 Å². The summed E-state index contributed by atoms with van der Waals surface area (Å²) in [4.78, 5) is 4.27. The molecule has 1 unspecified atom stereocenters. The van der Waals surface area contributed by atoms with Crippen LogP contribution in [0.15, 0.2) is 12.1 Å². The van der Waals surface area contributed by atoms with E-state index in [4.69, 9.17) is 4.74 Å². The Morgan fingerprint density at radius 2 is 2.38 bits per heavy atom. The summed E-state index contributed by atoms with van der Waals surface area (Å²) in [6, 6.07) is 4.51. The van der Waals surface area contributed by atoms with Gasteiger partial charge in [0.25, 0.3) is 0 Å². The number of anilines is 1. The fourth-order valence-electron chi connectivity index (χ4n) is 2.04. The quantitative estimate of drug-likeness (QED) is 0.813. The minimum atomic E-state index is 0.514. The van der Waals surface area contributed by atoms with Crippen LogP contribution >= 0.6 is 0 Å². The second-order valence-electron chi connectivity index (χ2n) is 4.23. The molecule has 0 radical (unpaired) electrons. The highest BCUT2D eigenvalue weighted by molar-refractivity contribution is 5.48. The molecular formula is C12H19N3O. The summed E-state index contributed by atoms with van der Waals surface area (Å²) >= 11 is 0. The van der Waals surface area contributed by atoms with Gasteiger partial charge in [-0.3, -0.25) is 0 Å². The van der Waals surface area contributed by atoms with Gasteiger partial charge in [-0.25, -0.2) is 4.98 Å². The molecule has 1 aromatic heterocycles. The molecule has 1 aliphatic heterocycles. The van der Waals surface area contributed by atoms with Crippen LogP contribution in [-0.4, -0.2) is 31.2 Å². The summed E-state index contributed by atoms with van der Waals surface area (Å²) in [5.74, 6) is 0.672. The SMILES string of the molecule is COc1cc(NC2CCCNC2)cc(C)n1. The van der Waals surface area contributed by atoms with Crippen molar-refractivity contribution in [3.05, 3.63) is 17.8 Å². The average molecular weight is 221 g/mol. The number of hydrogen-bond donors (Lipinski definition) is 2. The zero-order chi connectivity index (χ0) is 11.4. The highest BCUT2D eigenvalue weighted by atomic mass is 16.5. The molecule has 0 saturated carbocycles.